The number of hydrogen-bond donors (Lipinski definition) is 1. The molecule has 0 radical (unpaired) electrons. The second-order valence-electron chi connectivity index (χ2n) is 4.85. The van der Waals surface area contributed by atoms with Crippen LogP contribution in [0.2, 0.25) is 0 Å². The van der Waals surface area contributed by atoms with E-state index >= 15 is 0 Å². The molecule has 1 N–H and O–H groups in total. The molecular weight excluding hydrogens is 230 g/mol. The third-order valence-electron chi connectivity index (χ3n) is 3.33. The van der Waals surface area contributed by atoms with Crippen molar-refractivity contribution in [1.29, 1.82) is 0 Å². The SMILES string of the molecule is CC1(CC2CCCS2(=O)=O)CNC(=O)CO1. The van der Waals surface area contributed by atoms with E-state index in [9.17, 15) is 13.2 Å². The lowest BCUT2D eigenvalue weighted by Crippen LogP contribution is -2.52. The Kier molecular flexibility index (Phi) is 2.96. The topological polar surface area (TPSA) is 72.5 Å². The van der Waals surface area contributed by atoms with Crippen LogP contribution in [0.25, 0.3) is 0 Å². The van der Waals surface area contributed by atoms with Crippen LogP contribution in [0.15, 0.2) is 0 Å². The summed E-state index contributed by atoms with van der Waals surface area (Å²) in [5, 5.41) is 2.42. The molecule has 0 bridgehead atoms. The summed E-state index contributed by atoms with van der Waals surface area (Å²) in [5.74, 6) is 0.159. The predicted molar refractivity (Wildman–Crippen MR) is 58.8 cm³/mol. The number of rotatable bonds is 2. The summed E-state index contributed by atoms with van der Waals surface area (Å²) in [7, 11) is -2.93. The fourth-order valence-corrected chi connectivity index (χ4v) is 4.36. The maximum Gasteiger partial charge on any atom is 0.246 e. The normalized spacial score (nSPS) is 38.3. The molecular formula is C10H17NO4S. The number of amides is 1. The zero-order valence-corrected chi connectivity index (χ0v) is 10.2. The van der Waals surface area contributed by atoms with Crippen molar-refractivity contribution in [3.8, 4) is 0 Å². The van der Waals surface area contributed by atoms with Gasteiger partial charge in [-0.05, 0) is 26.2 Å². The van der Waals surface area contributed by atoms with Crippen molar-refractivity contribution < 1.29 is 17.9 Å². The summed E-state index contributed by atoms with van der Waals surface area (Å²) in [6, 6.07) is 0. The summed E-state index contributed by atoms with van der Waals surface area (Å²) in [6.45, 7) is 2.29. The molecule has 0 aromatic carbocycles. The van der Waals surface area contributed by atoms with E-state index in [1.54, 1.807) is 0 Å². The van der Waals surface area contributed by atoms with Crippen molar-refractivity contribution in [3.05, 3.63) is 0 Å². The number of carbonyl (C=O) groups is 1. The lowest BCUT2D eigenvalue weighted by Gasteiger charge is -2.35. The maximum atomic E-state index is 11.7. The summed E-state index contributed by atoms with van der Waals surface area (Å²) in [6.07, 6.45) is 1.94. The zero-order chi connectivity index (χ0) is 11.8. The highest BCUT2D eigenvalue weighted by atomic mass is 32.2. The molecule has 2 fully saturated rings. The Morgan fingerprint density at radius 2 is 2.31 bits per heavy atom. The summed E-state index contributed by atoms with van der Waals surface area (Å²) in [5.41, 5.74) is -0.532. The summed E-state index contributed by atoms with van der Waals surface area (Å²) >= 11 is 0. The van der Waals surface area contributed by atoms with Gasteiger partial charge in [-0.15, -0.1) is 0 Å². The number of ether oxygens (including phenoxy) is 1. The Morgan fingerprint density at radius 1 is 1.56 bits per heavy atom. The van der Waals surface area contributed by atoms with Gasteiger partial charge in [-0.25, -0.2) is 8.42 Å². The fraction of sp³-hybridized carbons (Fsp3) is 0.900. The van der Waals surface area contributed by atoms with Gasteiger partial charge in [-0.1, -0.05) is 0 Å². The van der Waals surface area contributed by atoms with E-state index in [1.807, 2.05) is 6.92 Å². The van der Waals surface area contributed by atoms with Crippen LogP contribution in [0.4, 0.5) is 0 Å². The van der Waals surface area contributed by atoms with Gasteiger partial charge < -0.3 is 10.1 Å². The molecule has 1 amide bonds. The van der Waals surface area contributed by atoms with Gasteiger partial charge in [-0.3, -0.25) is 4.79 Å². The van der Waals surface area contributed by atoms with Crippen LogP contribution >= 0.6 is 0 Å². The van der Waals surface area contributed by atoms with Gasteiger partial charge in [0.15, 0.2) is 9.84 Å². The highest BCUT2D eigenvalue weighted by molar-refractivity contribution is 7.92. The molecule has 0 aromatic rings. The third-order valence-corrected chi connectivity index (χ3v) is 5.61. The number of carbonyl (C=O) groups excluding carboxylic acids is 1. The molecule has 0 aliphatic carbocycles. The molecule has 16 heavy (non-hydrogen) atoms. The molecule has 0 aromatic heterocycles. The van der Waals surface area contributed by atoms with E-state index in [-0.39, 0.29) is 17.8 Å². The Hall–Kier alpha value is -0.620. The second kappa shape index (κ2) is 4.00. The Bertz CT molecular complexity index is 380. The van der Waals surface area contributed by atoms with Gasteiger partial charge in [-0.2, -0.15) is 0 Å². The first kappa shape index (κ1) is 11.9. The monoisotopic (exact) mass is 247 g/mol. The van der Waals surface area contributed by atoms with Crippen molar-refractivity contribution in [2.24, 2.45) is 0 Å². The van der Waals surface area contributed by atoms with Crippen molar-refractivity contribution in [3.63, 3.8) is 0 Å². The van der Waals surface area contributed by atoms with Crippen molar-refractivity contribution in [2.75, 3.05) is 18.9 Å². The van der Waals surface area contributed by atoms with Crippen molar-refractivity contribution in [1.82, 2.24) is 5.32 Å². The molecule has 2 aliphatic heterocycles. The van der Waals surface area contributed by atoms with Gasteiger partial charge in [0, 0.05) is 6.54 Å². The van der Waals surface area contributed by atoms with E-state index in [0.29, 0.717) is 18.7 Å². The second-order valence-corrected chi connectivity index (χ2v) is 7.25. The molecule has 2 rings (SSSR count). The first-order valence-electron chi connectivity index (χ1n) is 5.54. The van der Waals surface area contributed by atoms with E-state index < -0.39 is 15.4 Å². The molecule has 0 saturated carbocycles. The van der Waals surface area contributed by atoms with Crippen molar-refractivity contribution in [2.45, 2.75) is 37.0 Å². The lowest BCUT2D eigenvalue weighted by atomic mass is 9.96. The third kappa shape index (κ3) is 2.38. The standard InChI is InChI=1S/C10H17NO4S/c1-10(7-11-9(12)6-15-10)5-8-3-2-4-16(8,13)14/h8H,2-7H2,1H3,(H,11,12). The van der Waals surface area contributed by atoms with E-state index in [1.165, 1.54) is 0 Å². The van der Waals surface area contributed by atoms with E-state index in [4.69, 9.17) is 4.74 Å². The highest BCUT2D eigenvalue weighted by Crippen LogP contribution is 2.30. The van der Waals surface area contributed by atoms with Crippen LogP contribution in [0.3, 0.4) is 0 Å². The molecule has 2 atom stereocenters. The van der Waals surface area contributed by atoms with E-state index in [2.05, 4.69) is 5.32 Å². The van der Waals surface area contributed by atoms with Gasteiger partial charge in [0.25, 0.3) is 0 Å². The smallest absolute Gasteiger partial charge is 0.246 e. The lowest BCUT2D eigenvalue weighted by molar-refractivity contribution is -0.142. The number of morpholine rings is 1. The minimum atomic E-state index is -2.93. The Balaban J connectivity index is 2.01. The Morgan fingerprint density at radius 3 is 2.81 bits per heavy atom. The van der Waals surface area contributed by atoms with Gasteiger partial charge in [0.05, 0.1) is 16.6 Å². The molecule has 2 aliphatic rings. The molecule has 6 heteroatoms. The fourth-order valence-electron chi connectivity index (χ4n) is 2.33. The first-order chi connectivity index (χ1) is 7.41. The van der Waals surface area contributed by atoms with Crippen LogP contribution in [0.5, 0.6) is 0 Å². The molecule has 92 valence electrons. The van der Waals surface area contributed by atoms with Crippen molar-refractivity contribution >= 4 is 15.7 Å². The van der Waals surface area contributed by atoms with Gasteiger partial charge >= 0.3 is 0 Å². The van der Waals surface area contributed by atoms with Gasteiger partial charge in [0.2, 0.25) is 5.91 Å². The minimum Gasteiger partial charge on any atom is -0.364 e. The summed E-state index contributed by atoms with van der Waals surface area (Å²) < 4.78 is 28.9. The highest BCUT2D eigenvalue weighted by Gasteiger charge is 2.40. The number of sulfone groups is 1. The quantitative estimate of drug-likeness (QED) is 0.737. The summed E-state index contributed by atoms with van der Waals surface area (Å²) in [4.78, 5) is 11.0. The number of hydrogen-bond acceptors (Lipinski definition) is 4. The van der Waals surface area contributed by atoms with E-state index in [0.717, 1.165) is 12.8 Å². The zero-order valence-electron chi connectivity index (χ0n) is 9.36. The average Bonchev–Trinajstić information content (AvgIpc) is 2.52. The first-order valence-corrected chi connectivity index (χ1v) is 7.25. The largest absolute Gasteiger partial charge is 0.364 e. The molecule has 0 spiro atoms. The average molecular weight is 247 g/mol. The maximum absolute atomic E-state index is 11.7. The van der Waals surface area contributed by atoms with Crippen LogP contribution in [0, 0.1) is 0 Å². The molecule has 2 heterocycles. The van der Waals surface area contributed by atoms with Crippen LogP contribution in [-0.4, -0.2) is 44.1 Å². The molecule has 2 saturated heterocycles. The Labute approximate surface area is 95.5 Å². The molecule has 2 unspecified atom stereocenters. The molecule has 5 nitrogen and oxygen atoms in total. The van der Waals surface area contributed by atoms with Crippen LogP contribution < -0.4 is 5.32 Å². The number of nitrogens with one attached hydrogen (secondary N) is 1. The predicted octanol–water partition coefficient (Wildman–Crippen LogP) is -0.141. The minimum absolute atomic E-state index is 0.0310. The van der Waals surface area contributed by atoms with Gasteiger partial charge in [0.1, 0.15) is 6.61 Å². The van der Waals surface area contributed by atoms with Crippen LogP contribution in [0.1, 0.15) is 26.2 Å². The van der Waals surface area contributed by atoms with Crippen LogP contribution in [-0.2, 0) is 19.4 Å².